The standard InChI is InChI=1S/C21H20Cl3NO3/c22-15-5-7-19-17(11-15)14(13-25-19)3-1-10-28-21(26)4-2-9-27-20-8-6-16(23)12-18(20)24/h5-8,11-13,25H,1-4,9-10H2. The number of halogens is 3. The van der Waals surface area contributed by atoms with Crippen molar-refractivity contribution in [3.63, 3.8) is 0 Å². The number of nitrogens with one attached hydrogen (secondary N) is 1. The molecule has 1 N–H and O–H groups in total. The van der Waals surface area contributed by atoms with E-state index in [-0.39, 0.29) is 5.97 Å². The van der Waals surface area contributed by atoms with Crippen molar-refractivity contribution in [3.8, 4) is 5.75 Å². The molecule has 4 nitrogen and oxygen atoms in total. The molecule has 0 radical (unpaired) electrons. The molecule has 1 aromatic heterocycles. The highest BCUT2D eigenvalue weighted by Crippen LogP contribution is 2.27. The summed E-state index contributed by atoms with van der Waals surface area (Å²) in [6.07, 6.45) is 4.39. The van der Waals surface area contributed by atoms with E-state index < -0.39 is 0 Å². The van der Waals surface area contributed by atoms with Gasteiger partial charge in [0.2, 0.25) is 0 Å². The van der Waals surface area contributed by atoms with Crippen LogP contribution < -0.4 is 4.74 Å². The molecule has 3 rings (SSSR count). The Morgan fingerprint density at radius 1 is 0.964 bits per heavy atom. The molecule has 0 spiro atoms. The highest BCUT2D eigenvalue weighted by Gasteiger charge is 2.07. The minimum absolute atomic E-state index is 0.229. The summed E-state index contributed by atoms with van der Waals surface area (Å²) in [5, 5.41) is 2.82. The lowest BCUT2D eigenvalue weighted by molar-refractivity contribution is -0.144. The molecule has 0 aliphatic carbocycles. The number of benzene rings is 2. The predicted octanol–water partition coefficient (Wildman–Crippen LogP) is 6.46. The summed E-state index contributed by atoms with van der Waals surface area (Å²) in [6.45, 7) is 0.766. The third kappa shape index (κ3) is 5.81. The molecule has 148 valence electrons. The van der Waals surface area contributed by atoms with Crippen LogP contribution in [0.15, 0.2) is 42.6 Å². The van der Waals surface area contributed by atoms with Gasteiger partial charge in [-0.1, -0.05) is 34.8 Å². The second-order valence-corrected chi connectivity index (χ2v) is 7.63. The van der Waals surface area contributed by atoms with Crippen molar-refractivity contribution >= 4 is 51.7 Å². The number of carbonyl (C=O) groups is 1. The Labute approximate surface area is 178 Å². The number of rotatable bonds is 9. The molecule has 0 saturated carbocycles. The monoisotopic (exact) mass is 439 g/mol. The molecule has 0 aliphatic heterocycles. The Hall–Kier alpha value is -1.88. The zero-order valence-electron chi connectivity index (χ0n) is 15.1. The van der Waals surface area contributed by atoms with Crippen LogP contribution in [0.25, 0.3) is 10.9 Å². The number of H-pyrrole nitrogens is 1. The molecule has 3 aromatic rings. The summed E-state index contributed by atoms with van der Waals surface area (Å²) in [7, 11) is 0. The molecule has 0 saturated heterocycles. The fourth-order valence-electron chi connectivity index (χ4n) is 2.87. The second kappa shape index (κ2) is 10.1. The fourth-order valence-corrected chi connectivity index (χ4v) is 3.50. The van der Waals surface area contributed by atoms with Gasteiger partial charge in [0.1, 0.15) is 5.75 Å². The van der Waals surface area contributed by atoms with Crippen LogP contribution in [0.4, 0.5) is 0 Å². The summed E-state index contributed by atoms with van der Waals surface area (Å²) >= 11 is 17.9. The van der Waals surface area contributed by atoms with Crippen molar-refractivity contribution < 1.29 is 14.3 Å². The Morgan fingerprint density at radius 3 is 2.57 bits per heavy atom. The van der Waals surface area contributed by atoms with Crippen molar-refractivity contribution in [2.75, 3.05) is 13.2 Å². The first-order valence-electron chi connectivity index (χ1n) is 9.02. The number of esters is 1. The summed E-state index contributed by atoms with van der Waals surface area (Å²) in [4.78, 5) is 15.1. The minimum Gasteiger partial charge on any atom is -0.492 e. The van der Waals surface area contributed by atoms with Crippen molar-refractivity contribution in [1.82, 2.24) is 4.98 Å². The van der Waals surface area contributed by atoms with Gasteiger partial charge in [0, 0.05) is 33.6 Å². The van der Waals surface area contributed by atoms with E-state index in [1.807, 2.05) is 24.4 Å². The molecule has 0 atom stereocenters. The van der Waals surface area contributed by atoms with Gasteiger partial charge in [-0.25, -0.2) is 0 Å². The summed E-state index contributed by atoms with van der Waals surface area (Å²) in [5.41, 5.74) is 2.22. The van der Waals surface area contributed by atoms with E-state index in [0.717, 1.165) is 23.7 Å². The lowest BCUT2D eigenvalue weighted by atomic mass is 10.1. The maximum absolute atomic E-state index is 11.8. The molecular weight excluding hydrogens is 421 g/mol. The topological polar surface area (TPSA) is 51.3 Å². The molecule has 0 bridgehead atoms. The third-order valence-corrected chi connectivity index (χ3v) is 5.03. The number of hydrogen-bond donors (Lipinski definition) is 1. The summed E-state index contributed by atoms with van der Waals surface area (Å²) < 4.78 is 10.8. The minimum atomic E-state index is -0.229. The molecule has 28 heavy (non-hydrogen) atoms. The zero-order valence-corrected chi connectivity index (χ0v) is 17.4. The Balaban J connectivity index is 1.33. The van der Waals surface area contributed by atoms with Gasteiger partial charge in [-0.3, -0.25) is 4.79 Å². The number of ether oxygens (including phenoxy) is 2. The fraction of sp³-hybridized carbons (Fsp3) is 0.286. The molecule has 0 amide bonds. The number of fused-ring (bicyclic) bond motifs is 1. The normalized spacial score (nSPS) is 11.0. The van der Waals surface area contributed by atoms with E-state index in [2.05, 4.69) is 4.98 Å². The molecule has 2 aromatic carbocycles. The molecule has 1 heterocycles. The Morgan fingerprint density at radius 2 is 1.75 bits per heavy atom. The predicted molar refractivity (Wildman–Crippen MR) is 114 cm³/mol. The van der Waals surface area contributed by atoms with E-state index in [4.69, 9.17) is 44.3 Å². The SMILES string of the molecule is O=C(CCCOc1ccc(Cl)cc1Cl)OCCCc1c[nH]c2ccc(Cl)cc12. The van der Waals surface area contributed by atoms with E-state index in [0.29, 0.717) is 46.9 Å². The van der Waals surface area contributed by atoms with Gasteiger partial charge < -0.3 is 14.5 Å². The first kappa shape index (κ1) is 20.8. The highest BCUT2D eigenvalue weighted by atomic mass is 35.5. The first-order valence-corrected chi connectivity index (χ1v) is 10.2. The molecule has 0 aliphatic rings. The maximum Gasteiger partial charge on any atom is 0.305 e. The molecule has 0 unspecified atom stereocenters. The number of aromatic nitrogens is 1. The van der Waals surface area contributed by atoms with Gasteiger partial charge in [0.25, 0.3) is 0 Å². The lowest BCUT2D eigenvalue weighted by Gasteiger charge is -2.08. The molecule has 7 heteroatoms. The second-order valence-electron chi connectivity index (χ2n) is 6.35. The van der Waals surface area contributed by atoms with E-state index in [9.17, 15) is 4.79 Å². The van der Waals surface area contributed by atoms with Gasteiger partial charge in [-0.2, -0.15) is 0 Å². The summed E-state index contributed by atoms with van der Waals surface area (Å²) in [5.74, 6) is 0.325. The first-order chi connectivity index (χ1) is 13.5. The zero-order chi connectivity index (χ0) is 19.9. The quantitative estimate of drug-likeness (QED) is 0.307. The Bertz CT molecular complexity index is 955. The average Bonchev–Trinajstić information content (AvgIpc) is 3.06. The summed E-state index contributed by atoms with van der Waals surface area (Å²) in [6, 6.07) is 10.8. The highest BCUT2D eigenvalue weighted by molar-refractivity contribution is 6.35. The van der Waals surface area contributed by atoms with Gasteiger partial charge in [0.05, 0.1) is 18.2 Å². The van der Waals surface area contributed by atoms with Crippen LogP contribution in [-0.2, 0) is 16.0 Å². The van der Waals surface area contributed by atoms with Crippen LogP contribution in [0, 0.1) is 0 Å². The molecular formula is C21H20Cl3NO3. The number of hydrogen-bond acceptors (Lipinski definition) is 3. The van der Waals surface area contributed by atoms with E-state index >= 15 is 0 Å². The van der Waals surface area contributed by atoms with Gasteiger partial charge in [-0.15, -0.1) is 0 Å². The van der Waals surface area contributed by atoms with Crippen LogP contribution in [0.2, 0.25) is 15.1 Å². The van der Waals surface area contributed by atoms with Crippen LogP contribution in [-0.4, -0.2) is 24.2 Å². The van der Waals surface area contributed by atoms with Gasteiger partial charge in [0.15, 0.2) is 0 Å². The lowest BCUT2D eigenvalue weighted by Crippen LogP contribution is -2.08. The van der Waals surface area contributed by atoms with Crippen molar-refractivity contribution in [2.45, 2.75) is 25.7 Å². The van der Waals surface area contributed by atoms with Crippen LogP contribution >= 0.6 is 34.8 Å². The van der Waals surface area contributed by atoms with E-state index in [1.165, 1.54) is 5.56 Å². The van der Waals surface area contributed by atoms with Crippen molar-refractivity contribution in [3.05, 3.63) is 63.2 Å². The average molecular weight is 441 g/mol. The molecule has 0 fully saturated rings. The maximum atomic E-state index is 11.8. The largest absolute Gasteiger partial charge is 0.492 e. The third-order valence-electron chi connectivity index (χ3n) is 4.26. The smallest absolute Gasteiger partial charge is 0.305 e. The van der Waals surface area contributed by atoms with Gasteiger partial charge in [-0.05, 0) is 61.2 Å². The number of aromatic amines is 1. The number of aryl methyl sites for hydroxylation is 1. The Kier molecular flexibility index (Phi) is 7.49. The number of carbonyl (C=O) groups excluding carboxylic acids is 1. The van der Waals surface area contributed by atoms with Crippen LogP contribution in [0.1, 0.15) is 24.8 Å². The van der Waals surface area contributed by atoms with Gasteiger partial charge >= 0.3 is 5.97 Å². The van der Waals surface area contributed by atoms with E-state index in [1.54, 1.807) is 18.2 Å². The van der Waals surface area contributed by atoms with Crippen LogP contribution in [0.3, 0.4) is 0 Å². The van der Waals surface area contributed by atoms with Crippen LogP contribution in [0.5, 0.6) is 5.75 Å². The van der Waals surface area contributed by atoms with Crippen molar-refractivity contribution in [2.24, 2.45) is 0 Å². The van der Waals surface area contributed by atoms with Crippen molar-refractivity contribution in [1.29, 1.82) is 0 Å².